The van der Waals surface area contributed by atoms with Gasteiger partial charge in [0.05, 0.1) is 17.2 Å². The third-order valence-electron chi connectivity index (χ3n) is 7.47. The number of nitrogens with zero attached hydrogens (tertiary/aromatic N) is 3. The lowest BCUT2D eigenvalue weighted by atomic mass is 9.73. The van der Waals surface area contributed by atoms with E-state index in [1.165, 1.54) is 0 Å². The quantitative estimate of drug-likeness (QED) is 0.414. The van der Waals surface area contributed by atoms with Crippen LogP contribution < -0.4 is 5.32 Å². The number of anilines is 1. The number of halogens is 4. The maximum Gasteiger partial charge on any atom is 0.419 e. The van der Waals surface area contributed by atoms with Gasteiger partial charge in [0.25, 0.3) is 0 Å². The van der Waals surface area contributed by atoms with E-state index in [0.717, 1.165) is 49.2 Å². The molecule has 9 heteroatoms. The smallest absolute Gasteiger partial charge is 0.319 e. The molecule has 0 saturated carbocycles. The second kappa shape index (κ2) is 11.2. The molecule has 1 N–H and O–H groups in total. The van der Waals surface area contributed by atoms with Crippen LogP contribution in [0.1, 0.15) is 56.2 Å². The number of carbonyl (C=O) groups is 1. The Kier molecular flexibility index (Phi) is 8.12. The summed E-state index contributed by atoms with van der Waals surface area (Å²) in [6.07, 6.45) is 0.810. The average Bonchev–Trinajstić information content (AvgIpc) is 3.39. The molecule has 0 bridgehead atoms. The van der Waals surface area contributed by atoms with Crippen molar-refractivity contribution < 1.29 is 22.4 Å². The molecule has 5 nitrogen and oxygen atoms in total. The molecular weight excluding hydrogens is 496 g/mol. The number of allylic oxidation sites excluding steroid dienone is 1. The van der Waals surface area contributed by atoms with Crippen molar-refractivity contribution >= 4 is 17.3 Å². The number of carbonyl (C=O) groups excluding carboxylic acids is 1. The zero-order chi connectivity index (χ0) is 27.5. The minimum Gasteiger partial charge on any atom is -0.319 e. The molecule has 2 aromatic carbocycles. The van der Waals surface area contributed by atoms with Crippen molar-refractivity contribution in [2.45, 2.75) is 51.7 Å². The second-order valence-electron chi connectivity index (χ2n) is 10.6. The number of likely N-dealkylation sites (tertiary alicyclic amines) is 1. The summed E-state index contributed by atoms with van der Waals surface area (Å²) in [5.41, 5.74) is 0.675. The van der Waals surface area contributed by atoms with E-state index in [2.05, 4.69) is 22.4 Å². The number of urea groups is 1. The lowest BCUT2D eigenvalue weighted by molar-refractivity contribution is -0.139. The number of alkyl halides is 3. The van der Waals surface area contributed by atoms with Crippen LogP contribution >= 0.6 is 0 Å². The van der Waals surface area contributed by atoms with E-state index in [1.807, 2.05) is 32.0 Å². The van der Waals surface area contributed by atoms with Crippen molar-refractivity contribution in [1.82, 2.24) is 9.80 Å². The number of nitrogens with one attached hydrogen (secondary N) is 1. The Hall–Kier alpha value is -3.38. The summed E-state index contributed by atoms with van der Waals surface area (Å²) in [7, 11) is 0. The third-order valence-corrected chi connectivity index (χ3v) is 7.47. The van der Waals surface area contributed by atoms with Gasteiger partial charge in [-0.1, -0.05) is 32.1 Å². The van der Waals surface area contributed by atoms with Crippen LogP contribution in [-0.2, 0) is 6.18 Å². The fourth-order valence-electron chi connectivity index (χ4n) is 5.53. The molecule has 1 atom stereocenters. The van der Waals surface area contributed by atoms with Crippen LogP contribution in [0, 0.1) is 22.6 Å². The maximum absolute atomic E-state index is 13.8. The Labute approximate surface area is 220 Å². The van der Waals surface area contributed by atoms with Crippen LogP contribution in [0.2, 0.25) is 0 Å². The molecule has 202 valence electrons. The number of rotatable bonds is 6. The number of amides is 2. The van der Waals surface area contributed by atoms with Gasteiger partial charge in [0, 0.05) is 30.2 Å². The first-order valence-corrected chi connectivity index (χ1v) is 12.9. The Bertz CT molecular complexity index is 1240. The average molecular weight is 529 g/mol. The summed E-state index contributed by atoms with van der Waals surface area (Å²) in [6, 6.07) is 11.4. The normalized spacial score (nSPS) is 19.5. The first-order chi connectivity index (χ1) is 18.0. The minimum atomic E-state index is -4.87. The van der Waals surface area contributed by atoms with Crippen LogP contribution in [0.5, 0.6) is 0 Å². The Morgan fingerprint density at radius 1 is 1.18 bits per heavy atom. The maximum atomic E-state index is 13.8. The van der Waals surface area contributed by atoms with Crippen molar-refractivity contribution in [2.24, 2.45) is 5.41 Å². The molecule has 2 aromatic rings. The summed E-state index contributed by atoms with van der Waals surface area (Å²) >= 11 is 0. The molecule has 2 amide bonds. The number of hydrogen-bond acceptors (Lipinski definition) is 3. The van der Waals surface area contributed by atoms with Gasteiger partial charge in [-0.05, 0) is 80.2 Å². The molecule has 2 aliphatic rings. The highest BCUT2D eigenvalue weighted by molar-refractivity contribution is 5.90. The van der Waals surface area contributed by atoms with Gasteiger partial charge in [-0.3, -0.25) is 0 Å². The molecule has 1 heterocycles. The van der Waals surface area contributed by atoms with E-state index in [1.54, 1.807) is 11.0 Å². The Balaban J connectivity index is 1.59. The van der Waals surface area contributed by atoms with Gasteiger partial charge in [-0.25, -0.2) is 9.18 Å². The third kappa shape index (κ3) is 6.36. The van der Waals surface area contributed by atoms with E-state index < -0.39 is 29.0 Å². The first kappa shape index (κ1) is 27.6. The van der Waals surface area contributed by atoms with Crippen LogP contribution in [0.25, 0.3) is 5.57 Å². The van der Waals surface area contributed by atoms with Gasteiger partial charge in [0.2, 0.25) is 0 Å². The van der Waals surface area contributed by atoms with Gasteiger partial charge >= 0.3 is 12.2 Å². The molecular formula is C29H32F4N4O. The van der Waals surface area contributed by atoms with E-state index in [9.17, 15) is 27.6 Å². The van der Waals surface area contributed by atoms with Gasteiger partial charge in [-0.2, -0.15) is 18.4 Å². The van der Waals surface area contributed by atoms with Crippen molar-refractivity contribution in [3.63, 3.8) is 0 Å². The van der Waals surface area contributed by atoms with Crippen LogP contribution in [0.15, 0.2) is 48.5 Å². The Morgan fingerprint density at radius 3 is 2.58 bits per heavy atom. The molecule has 1 fully saturated rings. The van der Waals surface area contributed by atoms with Crippen molar-refractivity contribution in [2.75, 3.05) is 31.5 Å². The molecule has 0 spiro atoms. The fraction of sp³-hybridized carbons (Fsp3) is 0.448. The molecule has 4 rings (SSSR count). The zero-order valence-electron chi connectivity index (χ0n) is 21.6. The summed E-state index contributed by atoms with van der Waals surface area (Å²) in [5.74, 6) is -1.38. The lowest BCUT2D eigenvalue weighted by Gasteiger charge is -2.44. The predicted molar refractivity (Wildman–Crippen MR) is 139 cm³/mol. The largest absolute Gasteiger partial charge is 0.419 e. The molecule has 38 heavy (non-hydrogen) atoms. The summed E-state index contributed by atoms with van der Waals surface area (Å²) in [6.45, 7) is 7.07. The van der Waals surface area contributed by atoms with E-state index in [4.69, 9.17) is 0 Å². The molecule has 1 aliphatic heterocycles. The lowest BCUT2D eigenvalue weighted by Crippen LogP contribution is -2.52. The van der Waals surface area contributed by atoms with Gasteiger partial charge in [-0.15, -0.1) is 0 Å². The number of benzene rings is 2. The summed E-state index contributed by atoms with van der Waals surface area (Å²) in [4.78, 5) is 17.5. The molecule has 1 saturated heterocycles. The van der Waals surface area contributed by atoms with E-state index >= 15 is 0 Å². The number of nitriles is 1. The topological polar surface area (TPSA) is 59.4 Å². The second-order valence-corrected chi connectivity index (χ2v) is 10.6. The fourth-order valence-corrected chi connectivity index (χ4v) is 5.53. The van der Waals surface area contributed by atoms with Crippen molar-refractivity contribution in [3.8, 4) is 6.07 Å². The summed E-state index contributed by atoms with van der Waals surface area (Å²) < 4.78 is 53.5. The van der Waals surface area contributed by atoms with E-state index in [0.29, 0.717) is 37.6 Å². The Morgan fingerprint density at radius 2 is 1.92 bits per heavy atom. The zero-order valence-corrected chi connectivity index (χ0v) is 21.6. The predicted octanol–water partition coefficient (Wildman–Crippen LogP) is 6.92. The highest BCUT2D eigenvalue weighted by Crippen LogP contribution is 2.41. The van der Waals surface area contributed by atoms with E-state index in [-0.39, 0.29) is 11.7 Å². The molecule has 0 aromatic heterocycles. The number of hydrogen-bond donors (Lipinski definition) is 1. The van der Waals surface area contributed by atoms with Gasteiger partial charge in [0.15, 0.2) is 0 Å². The van der Waals surface area contributed by atoms with Crippen LogP contribution in [-0.4, -0.2) is 48.1 Å². The first-order valence-electron chi connectivity index (χ1n) is 12.9. The highest BCUT2D eigenvalue weighted by Gasteiger charge is 2.39. The minimum absolute atomic E-state index is 0.104. The monoisotopic (exact) mass is 528 g/mol. The summed E-state index contributed by atoms with van der Waals surface area (Å²) in [5, 5.41) is 11.9. The standard InChI is InChI=1S/C29H32F4N4O/c1-28(2)18-22(21-7-5-6-20(16-21)19-34)8-11-26(28)37(15-14-36-12-3-4-13-36)27(38)35-23-9-10-25(30)24(17-23)29(31,32)33/h5-7,9-10,16-18,26H,3-4,8,11-15H2,1-2H3,(H,35,38). The molecule has 1 unspecified atom stereocenters. The SMILES string of the molecule is CC1(C)C=C(c2cccc(C#N)c2)CCC1N(CCN1CCCC1)C(=O)Nc1ccc(F)c(C(F)(F)F)c1. The molecule has 1 aliphatic carbocycles. The van der Waals surface area contributed by atoms with Gasteiger partial charge < -0.3 is 15.1 Å². The highest BCUT2D eigenvalue weighted by atomic mass is 19.4. The molecule has 0 radical (unpaired) electrons. The van der Waals surface area contributed by atoms with Gasteiger partial charge in [0.1, 0.15) is 5.82 Å². The van der Waals surface area contributed by atoms with Crippen molar-refractivity contribution in [1.29, 1.82) is 5.26 Å². The van der Waals surface area contributed by atoms with Crippen molar-refractivity contribution in [3.05, 3.63) is 71.0 Å². The van der Waals surface area contributed by atoms with Crippen LogP contribution in [0.3, 0.4) is 0 Å². The van der Waals surface area contributed by atoms with Crippen LogP contribution in [0.4, 0.5) is 28.0 Å².